The van der Waals surface area contributed by atoms with Crippen LogP contribution in [0.5, 0.6) is 0 Å². The van der Waals surface area contributed by atoms with Gasteiger partial charge in [0.05, 0.1) is 91.4 Å². The number of carbonyl (C=O) groups is 4. The lowest BCUT2D eigenvalue weighted by Crippen LogP contribution is -2.42. The second kappa shape index (κ2) is 21.6. The summed E-state index contributed by atoms with van der Waals surface area (Å²) >= 11 is 0. The third-order valence-electron chi connectivity index (χ3n) is 9.67. The maximum atomic E-state index is 13.5. The molecule has 0 radical (unpaired) electrons. The van der Waals surface area contributed by atoms with Crippen LogP contribution >= 0.6 is 0 Å². The van der Waals surface area contributed by atoms with E-state index in [1.165, 1.54) is 4.90 Å². The van der Waals surface area contributed by atoms with Crippen LogP contribution in [-0.2, 0) is 34.8 Å². The molecule has 0 bridgehead atoms. The van der Waals surface area contributed by atoms with Crippen molar-refractivity contribution in [3.05, 3.63) is 82.4 Å². The van der Waals surface area contributed by atoms with Crippen molar-refractivity contribution in [2.24, 2.45) is 11.5 Å². The Morgan fingerprint density at radius 1 is 0.534 bits per heavy atom. The van der Waals surface area contributed by atoms with Crippen molar-refractivity contribution in [3.8, 4) is 0 Å². The van der Waals surface area contributed by atoms with Crippen molar-refractivity contribution in [2.75, 3.05) is 123 Å². The van der Waals surface area contributed by atoms with E-state index in [9.17, 15) is 19.2 Å². The molecule has 16 heteroatoms. The average Bonchev–Trinajstić information content (AvgIpc) is 3.23. The van der Waals surface area contributed by atoms with Gasteiger partial charge in [-0.1, -0.05) is 24.3 Å². The molecule has 4 aromatic rings. The zero-order chi connectivity index (χ0) is 40.7. The fourth-order valence-electron chi connectivity index (χ4n) is 7.05. The van der Waals surface area contributed by atoms with E-state index in [-0.39, 0.29) is 44.8 Å². The van der Waals surface area contributed by atoms with E-state index in [1.807, 2.05) is 30.3 Å². The van der Waals surface area contributed by atoms with E-state index in [2.05, 4.69) is 16.0 Å². The van der Waals surface area contributed by atoms with Crippen LogP contribution in [0.15, 0.2) is 54.6 Å². The van der Waals surface area contributed by atoms with Gasteiger partial charge in [0.15, 0.2) is 0 Å². The minimum atomic E-state index is -0.445. The summed E-state index contributed by atoms with van der Waals surface area (Å²) < 4.78 is 33.6. The first-order valence-electron chi connectivity index (χ1n) is 19.6. The number of amides is 4. The third-order valence-corrected chi connectivity index (χ3v) is 9.67. The van der Waals surface area contributed by atoms with Gasteiger partial charge in [0.1, 0.15) is 0 Å². The predicted molar refractivity (Wildman–Crippen MR) is 219 cm³/mol. The normalized spacial score (nSPS) is 13.5. The van der Waals surface area contributed by atoms with Crippen molar-refractivity contribution in [1.82, 2.24) is 10.2 Å². The molecule has 0 aromatic heterocycles. The van der Waals surface area contributed by atoms with Crippen molar-refractivity contribution in [3.63, 3.8) is 0 Å². The van der Waals surface area contributed by atoms with E-state index >= 15 is 0 Å². The van der Waals surface area contributed by atoms with Gasteiger partial charge in [-0.15, -0.1) is 0 Å². The smallest absolute Gasteiger partial charge is 0.261 e. The monoisotopic (exact) mass is 800 g/mol. The highest BCUT2D eigenvalue weighted by molar-refractivity contribution is 6.28. The molecule has 2 heterocycles. The van der Waals surface area contributed by atoms with E-state index in [0.29, 0.717) is 118 Å². The Bertz CT molecular complexity index is 2060. The largest absolute Gasteiger partial charge is 0.382 e. The lowest BCUT2D eigenvalue weighted by molar-refractivity contribution is 0.0344. The first-order chi connectivity index (χ1) is 28.4. The minimum Gasteiger partial charge on any atom is -0.382 e. The third kappa shape index (κ3) is 10.3. The molecule has 2 aliphatic rings. The van der Waals surface area contributed by atoms with Crippen molar-refractivity contribution in [1.29, 1.82) is 0 Å². The number of nitrogens with zero attached hydrogens (tertiary/aromatic N) is 1. The van der Waals surface area contributed by atoms with Crippen LogP contribution in [-0.4, -0.2) is 141 Å². The SMILES string of the molecule is NCCOCCOCCNc1ccc2c3c(cccc13)C(=O)N(CCOCCOCCc1cc(NCCOCCOCCN)c3cccc4c3c1C(=O)NC4=O)C2=O. The number of benzene rings is 4. The Hall–Kier alpha value is -5.04. The van der Waals surface area contributed by atoms with Gasteiger partial charge >= 0.3 is 0 Å². The molecule has 0 unspecified atom stereocenters. The Morgan fingerprint density at radius 2 is 1.07 bits per heavy atom. The van der Waals surface area contributed by atoms with Crippen LogP contribution in [0, 0.1) is 0 Å². The molecule has 0 aliphatic carbocycles. The second-order valence-corrected chi connectivity index (χ2v) is 13.5. The van der Waals surface area contributed by atoms with E-state index in [0.717, 1.165) is 27.7 Å². The van der Waals surface area contributed by atoms with Crippen LogP contribution in [0.1, 0.15) is 47.0 Å². The highest BCUT2D eigenvalue weighted by atomic mass is 16.5. The maximum absolute atomic E-state index is 13.5. The van der Waals surface area contributed by atoms with Gasteiger partial charge in [-0.2, -0.15) is 0 Å². The van der Waals surface area contributed by atoms with Crippen LogP contribution in [0.25, 0.3) is 21.5 Å². The van der Waals surface area contributed by atoms with Gasteiger partial charge in [-0.3, -0.25) is 29.4 Å². The summed E-state index contributed by atoms with van der Waals surface area (Å²) in [5, 5.41) is 12.0. The number of rotatable bonds is 27. The summed E-state index contributed by atoms with van der Waals surface area (Å²) in [6.45, 7) is 6.67. The lowest BCUT2D eigenvalue weighted by atomic mass is 9.89. The standard InChI is InChI=1S/C42H52N6O10/c43-10-16-54-22-24-56-18-12-45-34-8-7-33-37-29(34)3-2-6-32(37)41(51)48(42(33)52)14-20-58-26-21-53-15-9-28-27-35(46-13-19-57-25-23-55-17-11-44)30-4-1-5-31-38(30)36(28)40(50)47-39(31)49/h1-8,27,45-46H,9-26,43-44H2,(H,47,49,50). The molecule has 0 saturated carbocycles. The molecule has 0 fully saturated rings. The Labute approximate surface area is 336 Å². The highest BCUT2D eigenvalue weighted by Crippen LogP contribution is 2.36. The van der Waals surface area contributed by atoms with Gasteiger partial charge in [0, 0.05) is 75.8 Å². The van der Waals surface area contributed by atoms with Gasteiger partial charge in [0.25, 0.3) is 23.6 Å². The van der Waals surface area contributed by atoms with Crippen LogP contribution in [0.4, 0.5) is 11.4 Å². The summed E-state index contributed by atoms with van der Waals surface area (Å²) in [6.07, 6.45) is 0.405. The maximum Gasteiger partial charge on any atom is 0.261 e. The number of nitrogens with two attached hydrogens (primary N) is 2. The number of hydrogen-bond acceptors (Lipinski definition) is 14. The molecular formula is C42H52N6O10. The average molecular weight is 801 g/mol. The lowest BCUT2D eigenvalue weighted by Gasteiger charge is -2.27. The van der Waals surface area contributed by atoms with Crippen molar-refractivity contribution in [2.45, 2.75) is 6.42 Å². The number of nitrogens with one attached hydrogen (secondary N) is 3. The molecule has 0 spiro atoms. The molecule has 6 rings (SSSR count). The molecule has 0 atom stereocenters. The Balaban J connectivity index is 0.973. The fourth-order valence-corrected chi connectivity index (χ4v) is 7.05. The Kier molecular flexibility index (Phi) is 15.9. The molecule has 16 nitrogen and oxygen atoms in total. The molecular weight excluding hydrogens is 748 g/mol. The van der Waals surface area contributed by atoms with Gasteiger partial charge in [-0.05, 0) is 42.3 Å². The first kappa shape index (κ1) is 42.6. The number of imide groups is 2. The molecule has 2 aliphatic heterocycles. The molecule has 58 heavy (non-hydrogen) atoms. The molecule has 0 saturated heterocycles. The number of carbonyl (C=O) groups excluding carboxylic acids is 4. The van der Waals surface area contributed by atoms with Crippen LogP contribution in [0.3, 0.4) is 0 Å². The second-order valence-electron chi connectivity index (χ2n) is 13.5. The van der Waals surface area contributed by atoms with Crippen LogP contribution < -0.4 is 27.4 Å². The zero-order valence-corrected chi connectivity index (χ0v) is 32.6. The van der Waals surface area contributed by atoms with Crippen LogP contribution in [0.2, 0.25) is 0 Å². The van der Waals surface area contributed by atoms with Crippen molar-refractivity contribution >= 4 is 56.5 Å². The highest BCUT2D eigenvalue weighted by Gasteiger charge is 2.33. The molecule has 4 aromatic carbocycles. The predicted octanol–water partition coefficient (Wildman–Crippen LogP) is 2.56. The summed E-state index contributed by atoms with van der Waals surface area (Å²) in [7, 11) is 0. The number of hydrogen-bond donors (Lipinski definition) is 5. The summed E-state index contributed by atoms with van der Waals surface area (Å²) in [5.74, 6) is -1.62. The van der Waals surface area contributed by atoms with Crippen molar-refractivity contribution < 1.29 is 47.6 Å². The van der Waals surface area contributed by atoms with Gasteiger partial charge < -0.3 is 50.5 Å². The fraction of sp³-hybridized carbons (Fsp3) is 0.429. The van der Waals surface area contributed by atoms with E-state index in [1.54, 1.807) is 24.3 Å². The summed E-state index contributed by atoms with van der Waals surface area (Å²) in [5.41, 5.74) is 15.0. The first-order valence-corrected chi connectivity index (χ1v) is 19.6. The van der Waals surface area contributed by atoms with E-state index in [4.69, 9.17) is 39.9 Å². The number of ether oxygens (including phenoxy) is 6. The molecule has 4 amide bonds. The van der Waals surface area contributed by atoms with E-state index < -0.39 is 11.8 Å². The quantitative estimate of drug-likeness (QED) is 0.0433. The Morgan fingerprint density at radius 3 is 1.71 bits per heavy atom. The molecule has 310 valence electrons. The van der Waals surface area contributed by atoms with Gasteiger partial charge in [0.2, 0.25) is 0 Å². The number of anilines is 2. The zero-order valence-electron chi connectivity index (χ0n) is 32.6. The summed E-state index contributed by atoms with van der Waals surface area (Å²) in [4.78, 5) is 54.1. The minimum absolute atomic E-state index is 0.0827. The topological polar surface area (TPSA) is 215 Å². The molecule has 7 N–H and O–H groups in total. The summed E-state index contributed by atoms with van der Waals surface area (Å²) in [6, 6.07) is 16.3. The van der Waals surface area contributed by atoms with Gasteiger partial charge in [-0.25, -0.2) is 0 Å².